The van der Waals surface area contributed by atoms with Gasteiger partial charge in [0.1, 0.15) is 4.90 Å². The highest BCUT2D eigenvalue weighted by Crippen LogP contribution is 2.25. The molecule has 1 aromatic rings. The van der Waals surface area contributed by atoms with Crippen LogP contribution in [0.1, 0.15) is 6.42 Å². The number of sulfonamides is 1. The largest absolute Gasteiger partial charge is 0.262 e. The van der Waals surface area contributed by atoms with Gasteiger partial charge in [0.15, 0.2) is 9.84 Å². The Morgan fingerprint density at radius 2 is 2.19 bits per heavy atom. The second-order valence-electron chi connectivity index (χ2n) is 4.65. The summed E-state index contributed by atoms with van der Waals surface area (Å²) in [5.74, 6) is 2.06. The van der Waals surface area contributed by atoms with Gasteiger partial charge >= 0.3 is 0 Å². The van der Waals surface area contributed by atoms with Crippen LogP contribution in [0, 0.1) is 12.3 Å². The van der Waals surface area contributed by atoms with E-state index in [0.29, 0.717) is 4.47 Å². The minimum absolute atomic E-state index is 0.0172. The third-order valence-corrected chi connectivity index (χ3v) is 7.20. The minimum atomic E-state index is -3.89. The van der Waals surface area contributed by atoms with Crippen molar-refractivity contribution in [3.05, 3.63) is 22.9 Å². The molecule has 0 spiro atoms. The monoisotopic (exact) mass is 392 g/mol. The van der Waals surface area contributed by atoms with Crippen molar-refractivity contribution in [1.82, 2.24) is 9.29 Å². The third-order valence-electron chi connectivity index (χ3n) is 3.15. The summed E-state index contributed by atoms with van der Waals surface area (Å²) in [6.07, 6.45) is 8.17. The molecule has 2 heterocycles. The molecule has 0 aliphatic carbocycles. The zero-order valence-corrected chi connectivity index (χ0v) is 14.2. The Labute approximate surface area is 132 Å². The first kappa shape index (κ1) is 16.4. The second-order valence-corrected chi connectivity index (χ2v) is 9.69. The van der Waals surface area contributed by atoms with Gasteiger partial charge in [-0.3, -0.25) is 4.98 Å². The number of pyridine rings is 1. The van der Waals surface area contributed by atoms with Crippen LogP contribution in [0.2, 0.25) is 0 Å². The summed E-state index contributed by atoms with van der Waals surface area (Å²) in [7, 11) is -7.09. The van der Waals surface area contributed by atoms with Crippen molar-refractivity contribution in [3.8, 4) is 12.3 Å². The Bertz CT molecular complexity index is 784. The summed E-state index contributed by atoms with van der Waals surface area (Å²) in [5.41, 5.74) is 0. The van der Waals surface area contributed by atoms with Gasteiger partial charge in [-0.05, 0) is 28.4 Å². The van der Waals surface area contributed by atoms with Crippen molar-refractivity contribution < 1.29 is 16.8 Å². The molecule has 1 fully saturated rings. The van der Waals surface area contributed by atoms with Crippen LogP contribution in [0.5, 0.6) is 0 Å². The summed E-state index contributed by atoms with van der Waals surface area (Å²) in [5, 5.41) is 0. The van der Waals surface area contributed by atoms with E-state index in [4.69, 9.17) is 6.42 Å². The van der Waals surface area contributed by atoms with E-state index in [1.54, 1.807) is 0 Å². The highest BCUT2D eigenvalue weighted by Gasteiger charge is 2.38. The Balaban J connectivity index is 2.40. The summed E-state index contributed by atoms with van der Waals surface area (Å²) >= 11 is 3.16. The summed E-state index contributed by atoms with van der Waals surface area (Å²) in [4.78, 5) is 3.81. The van der Waals surface area contributed by atoms with Crippen LogP contribution in [0.4, 0.5) is 0 Å². The molecule has 1 unspecified atom stereocenters. The smallest absolute Gasteiger partial charge is 0.245 e. The van der Waals surface area contributed by atoms with Crippen molar-refractivity contribution in [2.45, 2.75) is 17.4 Å². The molecule has 0 N–H and O–H groups in total. The fourth-order valence-electron chi connectivity index (χ4n) is 2.17. The van der Waals surface area contributed by atoms with E-state index in [2.05, 4.69) is 26.8 Å². The van der Waals surface area contributed by atoms with Crippen LogP contribution < -0.4 is 0 Å². The molecule has 6 nitrogen and oxygen atoms in total. The Hall–Kier alpha value is -0.950. The fourth-order valence-corrected chi connectivity index (χ4v) is 6.07. The van der Waals surface area contributed by atoms with Crippen molar-refractivity contribution in [1.29, 1.82) is 0 Å². The molecule has 0 saturated carbocycles. The number of terminal acetylenes is 1. The van der Waals surface area contributed by atoms with Gasteiger partial charge < -0.3 is 0 Å². The van der Waals surface area contributed by atoms with E-state index in [1.807, 2.05) is 0 Å². The molecule has 1 aromatic heterocycles. The summed E-state index contributed by atoms with van der Waals surface area (Å²) in [6, 6.07) is 0.782. The van der Waals surface area contributed by atoms with Crippen LogP contribution in [0.15, 0.2) is 27.8 Å². The average molecular weight is 393 g/mol. The predicted octanol–water partition coefficient (Wildman–Crippen LogP) is 0.655. The number of halogens is 1. The van der Waals surface area contributed by atoms with Gasteiger partial charge in [-0.1, -0.05) is 5.92 Å². The topological polar surface area (TPSA) is 84.4 Å². The molecular weight excluding hydrogens is 380 g/mol. The van der Waals surface area contributed by atoms with Gasteiger partial charge in [0.05, 0.1) is 18.1 Å². The number of rotatable bonds is 4. The van der Waals surface area contributed by atoms with Crippen molar-refractivity contribution in [3.63, 3.8) is 0 Å². The molecule has 1 atom stereocenters. The number of nitrogens with zero attached hydrogens (tertiary/aromatic N) is 2. The molecule has 0 radical (unpaired) electrons. The highest BCUT2D eigenvalue weighted by atomic mass is 79.9. The lowest BCUT2D eigenvalue weighted by Gasteiger charge is -2.25. The zero-order valence-electron chi connectivity index (χ0n) is 10.9. The van der Waals surface area contributed by atoms with Gasteiger partial charge in [-0.25, -0.2) is 16.8 Å². The van der Waals surface area contributed by atoms with Crippen molar-refractivity contribution >= 4 is 35.8 Å². The lowest BCUT2D eigenvalue weighted by atomic mass is 10.3. The van der Waals surface area contributed by atoms with Crippen LogP contribution in [-0.2, 0) is 19.9 Å². The predicted molar refractivity (Wildman–Crippen MR) is 81.7 cm³/mol. The number of hydrogen-bond acceptors (Lipinski definition) is 5. The minimum Gasteiger partial charge on any atom is -0.262 e. The van der Waals surface area contributed by atoms with Crippen LogP contribution in [0.3, 0.4) is 0 Å². The fraction of sp³-hybridized carbons (Fsp3) is 0.417. The van der Waals surface area contributed by atoms with Crippen LogP contribution in [0.25, 0.3) is 0 Å². The maximum Gasteiger partial charge on any atom is 0.245 e. The van der Waals surface area contributed by atoms with E-state index in [1.165, 1.54) is 18.5 Å². The second kappa shape index (κ2) is 6.04. The van der Waals surface area contributed by atoms with Gasteiger partial charge in [0.2, 0.25) is 10.0 Å². The quantitative estimate of drug-likeness (QED) is 0.702. The molecule has 0 amide bonds. The summed E-state index contributed by atoms with van der Waals surface area (Å²) in [6.45, 7) is -0.172. The molecule has 0 bridgehead atoms. The van der Waals surface area contributed by atoms with E-state index in [0.717, 1.165) is 4.31 Å². The standard InChI is InChI=1S/C12H13BrN2O4S2/c1-2-4-15(11-3-5-20(16,17)9-11)21(18,19)12-6-10(13)7-14-8-12/h1,6-8,11H,3-5,9H2. The summed E-state index contributed by atoms with van der Waals surface area (Å²) < 4.78 is 50.0. The van der Waals surface area contributed by atoms with Gasteiger partial charge in [-0.15, -0.1) is 6.42 Å². The molecule has 2 rings (SSSR count). The number of hydrogen-bond donors (Lipinski definition) is 0. The van der Waals surface area contributed by atoms with Crippen LogP contribution in [-0.4, -0.2) is 50.2 Å². The molecule has 21 heavy (non-hydrogen) atoms. The zero-order chi connectivity index (χ0) is 15.7. The first-order valence-corrected chi connectivity index (χ1v) is 10.1. The maximum atomic E-state index is 12.6. The molecule has 9 heteroatoms. The van der Waals surface area contributed by atoms with E-state index >= 15 is 0 Å². The van der Waals surface area contributed by atoms with E-state index < -0.39 is 25.9 Å². The molecular formula is C12H13BrN2O4S2. The van der Waals surface area contributed by atoms with Crippen LogP contribution >= 0.6 is 15.9 Å². The lowest BCUT2D eigenvalue weighted by molar-refractivity contribution is 0.371. The van der Waals surface area contributed by atoms with E-state index in [-0.39, 0.29) is 29.4 Å². The third kappa shape index (κ3) is 3.63. The molecule has 1 saturated heterocycles. The highest BCUT2D eigenvalue weighted by molar-refractivity contribution is 9.10. The normalized spacial score (nSPS) is 21.3. The average Bonchev–Trinajstić information content (AvgIpc) is 2.75. The van der Waals surface area contributed by atoms with Gasteiger partial charge in [-0.2, -0.15) is 4.31 Å². The number of sulfone groups is 1. The molecule has 1 aliphatic heterocycles. The molecule has 1 aliphatic rings. The van der Waals surface area contributed by atoms with Crippen molar-refractivity contribution in [2.75, 3.05) is 18.1 Å². The molecule has 114 valence electrons. The maximum absolute atomic E-state index is 12.6. The Morgan fingerprint density at radius 3 is 2.71 bits per heavy atom. The van der Waals surface area contributed by atoms with Gasteiger partial charge in [0.25, 0.3) is 0 Å². The van der Waals surface area contributed by atoms with Gasteiger partial charge in [0, 0.05) is 22.9 Å². The SMILES string of the molecule is C#CCN(C1CCS(=O)(=O)C1)S(=O)(=O)c1cncc(Br)c1. The first-order valence-electron chi connectivity index (χ1n) is 6.02. The molecule has 0 aromatic carbocycles. The Kier molecular flexibility index (Phi) is 4.72. The Morgan fingerprint density at radius 1 is 1.48 bits per heavy atom. The number of aromatic nitrogens is 1. The first-order chi connectivity index (χ1) is 9.76. The van der Waals surface area contributed by atoms with Crippen molar-refractivity contribution in [2.24, 2.45) is 0 Å². The van der Waals surface area contributed by atoms with E-state index in [9.17, 15) is 16.8 Å². The lowest BCUT2D eigenvalue weighted by Crippen LogP contribution is -2.41.